The number of nitrogens with one attached hydrogen (secondary N) is 1. The van der Waals surface area contributed by atoms with Crippen molar-refractivity contribution in [1.29, 1.82) is 0 Å². The largest absolute Gasteiger partial charge is 0.480 e. The third kappa shape index (κ3) is 4.14. The number of anilines is 2. The molecule has 2 fully saturated rings. The Kier molecular flexibility index (Phi) is 5.46. The fraction of sp³-hybridized carbons (Fsp3) is 0.429. The van der Waals surface area contributed by atoms with Crippen molar-refractivity contribution in [2.45, 2.75) is 18.9 Å². The normalized spacial score (nSPS) is 22.1. The second-order valence-corrected chi connectivity index (χ2v) is 8.61. The number of methoxy groups -OCH3 is 1. The summed E-state index contributed by atoms with van der Waals surface area (Å²) in [6.45, 7) is 1.81. The van der Waals surface area contributed by atoms with E-state index in [2.05, 4.69) is 30.5 Å². The number of hydrogen-bond acceptors (Lipinski definition) is 8. The van der Waals surface area contributed by atoms with E-state index in [0.717, 1.165) is 31.6 Å². The maximum absolute atomic E-state index is 13.6. The molecule has 168 valence electrons. The number of halogens is 2. The second kappa shape index (κ2) is 8.42. The van der Waals surface area contributed by atoms with Gasteiger partial charge >= 0.3 is 6.01 Å². The molecule has 1 saturated heterocycles. The minimum atomic E-state index is -0.474. The third-order valence-electron chi connectivity index (χ3n) is 6.09. The number of piperidine rings is 1. The topological polar surface area (TPSA) is 90.2 Å². The molecule has 32 heavy (non-hydrogen) atoms. The van der Waals surface area contributed by atoms with E-state index in [-0.39, 0.29) is 22.8 Å². The number of fused-ring (bicyclic) bond motifs is 2. The fourth-order valence-corrected chi connectivity index (χ4v) is 4.85. The minimum absolute atomic E-state index is 0.255. The molecule has 2 unspecified atom stereocenters. The van der Waals surface area contributed by atoms with Crippen molar-refractivity contribution in [2.24, 2.45) is 18.9 Å². The summed E-state index contributed by atoms with van der Waals surface area (Å²) in [5.74, 6) is 1.70. The van der Waals surface area contributed by atoms with Crippen LogP contribution in [-0.4, -0.2) is 51.2 Å². The third-order valence-corrected chi connectivity index (χ3v) is 6.31. The highest BCUT2D eigenvalue weighted by Gasteiger charge is 2.42. The smallest absolute Gasteiger partial charge is 0.321 e. The predicted octanol–water partition coefficient (Wildman–Crippen LogP) is 3.53. The van der Waals surface area contributed by atoms with E-state index in [1.165, 1.54) is 22.9 Å². The zero-order chi connectivity index (χ0) is 22.2. The minimum Gasteiger partial charge on any atom is -0.480 e. The van der Waals surface area contributed by atoms with Gasteiger partial charge in [0.2, 0.25) is 11.8 Å². The summed E-state index contributed by atoms with van der Waals surface area (Å²) < 4.78 is 26.0. The number of ether oxygens (including phenoxy) is 2. The van der Waals surface area contributed by atoms with Crippen LogP contribution in [0.4, 0.5) is 16.0 Å². The van der Waals surface area contributed by atoms with Crippen LogP contribution in [0.1, 0.15) is 12.8 Å². The summed E-state index contributed by atoms with van der Waals surface area (Å²) in [4.78, 5) is 6.80. The lowest BCUT2D eigenvalue weighted by Gasteiger charge is -2.39. The molecular weight excluding hydrogens is 437 g/mol. The molecule has 1 saturated carbocycles. The zero-order valence-corrected chi connectivity index (χ0v) is 18.5. The quantitative estimate of drug-likeness (QED) is 0.598. The summed E-state index contributed by atoms with van der Waals surface area (Å²) in [5, 5.41) is 16.2. The van der Waals surface area contributed by atoms with Crippen molar-refractivity contribution in [2.75, 3.05) is 30.4 Å². The van der Waals surface area contributed by atoms with Crippen molar-refractivity contribution >= 4 is 23.2 Å². The van der Waals surface area contributed by atoms with E-state index in [1.54, 1.807) is 20.4 Å². The van der Waals surface area contributed by atoms with Crippen LogP contribution in [0.15, 0.2) is 30.5 Å². The molecular formula is C21H23ClFN7O2. The Bertz CT molecular complexity index is 1090. The molecule has 1 aliphatic heterocycles. The van der Waals surface area contributed by atoms with E-state index in [1.807, 2.05) is 6.07 Å². The molecule has 0 spiro atoms. The Morgan fingerprint density at radius 1 is 1.16 bits per heavy atom. The number of nitrogens with zero attached hydrogens (tertiary/aromatic N) is 6. The van der Waals surface area contributed by atoms with Crippen molar-refractivity contribution in [3.8, 4) is 17.6 Å². The van der Waals surface area contributed by atoms with Gasteiger partial charge in [-0.1, -0.05) is 11.6 Å². The number of hydrogen-bond donors (Lipinski definition) is 1. The summed E-state index contributed by atoms with van der Waals surface area (Å²) in [6, 6.07) is 6.45. The summed E-state index contributed by atoms with van der Waals surface area (Å²) >= 11 is 5.91. The summed E-state index contributed by atoms with van der Waals surface area (Å²) in [7, 11) is 3.32. The number of aryl methyl sites for hydroxylation is 1. The van der Waals surface area contributed by atoms with Gasteiger partial charge in [0.15, 0.2) is 0 Å². The summed E-state index contributed by atoms with van der Waals surface area (Å²) in [6.07, 6.45) is 4.04. The van der Waals surface area contributed by atoms with Gasteiger partial charge in [-0.15, -0.1) is 10.2 Å². The van der Waals surface area contributed by atoms with Crippen LogP contribution in [0.3, 0.4) is 0 Å². The average Bonchev–Trinajstić information content (AvgIpc) is 3.20. The Labute approximate surface area is 189 Å². The highest BCUT2D eigenvalue weighted by atomic mass is 35.5. The lowest BCUT2D eigenvalue weighted by Crippen LogP contribution is -2.48. The van der Waals surface area contributed by atoms with Crippen molar-refractivity contribution in [3.63, 3.8) is 0 Å². The molecule has 2 bridgehead atoms. The van der Waals surface area contributed by atoms with Crippen LogP contribution in [0.5, 0.6) is 17.6 Å². The number of rotatable bonds is 6. The van der Waals surface area contributed by atoms with Crippen LogP contribution >= 0.6 is 11.6 Å². The molecule has 2 aromatic heterocycles. The molecule has 1 aromatic carbocycles. The molecule has 2 atom stereocenters. The zero-order valence-electron chi connectivity index (χ0n) is 17.7. The average molecular weight is 460 g/mol. The first-order chi connectivity index (χ1) is 15.5. The lowest BCUT2D eigenvalue weighted by atomic mass is 9.92. The second-order valence-electron chi connectivity index (χ2n) is 8.18. The first kappa shape index (κ1) is 20.7. The van der Waals surface area contributed by atoms with E-state index >= 15 is 0 Å². The maximum atomic E-state index is 13.6. The molecule has 2 aliphatic rings. The van der Waals surface area contributed by atoms with Crippen LogP contribution in [0.25, 0.3) is 0 Å². The van der Waals surface area contributed by atoms with Gasteiger partial charge in [0.05, 0.1) is 19.0 Å². The van der Waals surface area contributed by atoms with Crippen molar-refractivity contribution < 1.29 is 13.9 Å². The van der Waals surface area contributed by atoms with Gasteiger partial charge in [-0.25, -0.2) is 9.07 Å². The van der Waals surface area contributed by atoms with Crippen LogP contribution in [0, 0.1) is 17.7 Å². The van der Waals surface area contributed by atoms with E-state index in [0.29, 0.717) is 23.7 Å². The highest BCUT2D eigenvalue weighted by Crippen LogP contribution is 2.40. The lowest BCUT2D eigenvalue weighted by molar-refractivity contribution is 0.373. The number of benzene rings is 1. The molecule has 11 heteroatoms. The van der Waals surface area contributed by atoms with Gasteiger partial charge in [0.1, 0.15) is 11.6 Å². The molecule has 1 aliphatic carbocycles. The Hall–Kier alpha value is -3.14. The van der Waals surface area contributed by atoms with E-state index in [4.69, 9.17) is 21.1 Å². The molecule has 1 N–H and O–H groups in total. The standard InChI is InChI=1S/C21H23ClFN7O2/c1-29-21(32-17-6-14(22)5-15(23)7-17)26-20(28-29)25-19-12-3-4-13(19)11-30(10-12)16-8-18(31-2)27-24-9-16/h5-9,12-13,19H,3-4,10-11H2,1-2H3,(H,25,28). The van der Waals surface area contributed by atoms with Crippen molar-refractivity contribution in [1.82, 2.24) is 25.0 Å². The Balaban J connectivity index is 1.28. The molecule has 0 amide bonds. The fourth-order valence-electron chi connectivity index (χ4n) is 4.64. The monoisotopic (exact) mass is 459 g/mol. The van der Waals surface area contributed by atoms with Gasteiger partial charge in [-0.05, 0) is 36.8 Å². The Morgan fingerprint density at radius 2 is 1.94 bits per heavy atom. The predicted molar refractivity (Wildman–Crippen MR) is 117 cm³/mol. The highest BCUT2D eigenvalue weighted by molar-refractivity contribution is 6.30. The molecule has 0 radical (unpaired) electrons. The SMILES string of the molecule is COc1cc(N2CC3CCC(C2)C3Nc2nc(Oc3cc(F)cc(Cl)c3)n(C)n2)cnn1. The molecule has 5 rings (SSSR count). The first-order valence-electron chi connectivity index (χ1n) is 10.4. The van der Waals surface area contributed by atoms with Gasteiger partial charge < -0.3 is 19.7 Å². The van der Waals surface area contributed by atoms with Gasteiger partial charge in [-0.3, -0.25) is 0 Å². The molecule has 3 aromatic rings. The van der Waals surface area contributed by atoms with Crippen LogP contribution < -0.4 is 19.7 Å². The molecule has 9 nitrogen and oxygen atoms in total. The van der Waals surface area contributed by atoms with Crippen LogP contribution in [0.2, 0.25) is 5.02 Å². The van der Waals surface area contributed by atoms with Crippen molar-refractivity contribution in [3.05, 3.63) is 41.3 Å². The van der Waals surface area contributed by atoms with E-state index in [9.17, 15) is 4.39 Å². The van der Waals surface area contributed by atoms with E-state index < -0.39 is 5.82 Å². The maximum Gasteiger partial charge on any atom is 0.321 e. The van der Waals surface area contributed by atoms with Gasteiger partial charge in [-0.2, -0.15) is 10.1 Å². The van der Waals surface area contributed by atoms with Gasteiger partial charge in [0, 0.05) is 43.3 Å². The Morgan fingerprint density at radius 3 is 2.66 bits per heavy atom. The van der Waals surface area contributed by atoms with Gasteiger partial charge in [0.25, 0.3) is 0 Å². The number of aromatic nitrogens is 5. The molecule has 3 heterocycles. The first-order valence-corrected chi connectivity index (χ1v) is 10.8. The van der Waals surface area contributed by atoms with Crippen LogP contribution in [-0.2, 0) is 7.05 Å². The summed E-state index contributed by atoms with van der Waals surface area (Å²) in [5.41, 5.74) is 1.02.